The molecular weight excluding hydrogens is 386 g/mol. The number of amides is 1. The van der Waals surface area contributed by atoms with Gasteiger partial charge in [0.25, 0.3) is 5.91 Å². The zero-order valence-electron chi connectivity index (χ0n) is 15.1. The highest BCUT2D eigenvalue weighted by Crippen LogP contribution is 2.23. The van der Waals surface area contributed by atoms with Gasteiger partial charge in [-0.25, -0.2) is 4.79 Å². The lowest BCUT2D eigenvalue weighted by Crippen LogP contribution is -2.14. The van der Waals surface area contributed by atoms with Crippen LogP contribution in [0.2, 0.25) is 0 Å². The van der Waals surface area contributed by atoms with E-state index >= 15 is 0 Å². The van der Waals surface area contributed by atoms with E-state index < -0.39 is 5.97 Å². The van der Waals surface area contributed by atoms with Gasteiger partial charge in [-0.05, 0) is 35.9 Å². The Kier molecular flexibility index (Phi) is 5.13. The van der Waals surface area contributed by atoms with Gasteiger partial charge >= 0.3 is 5.97 Å². The van der Waals surface area contributed by atoms with E-state index in [4.69, 9.17) is 0 Å². The van der Waals surface area contributed by atoms with Gasteiger partial charge in [-0.1, -0.05) is 48.6 Å². The predicted octanol–water partition coefficient (Wildman–Crippen LogP) is 4.81. The van der Waals surface area contributed by atoms with Crippen LogP contribution in [0.1, 0.15) is 31.8 Å². The van der Waals surface area contributed by atoms with Crippen LogP contribution >= 0.6 is 11.7 Å². The lowest BCUT2D eigenvalue weighted by molar-refractivity contribution is 0.0698. The maximum Gasteiger partial charge on any atom is 0.337 e. The molecule has 0 aliphatic rings. The molecule has 0 aliphatic carbocycles. The Labute approximate surface area is 170 Å². The molecule has 4 aromatic rings. The summed E-state index contributed by atoms with van der Waals surface area (Å²) in [7, 11) is 0. The molecule has 1 heterocycles. The number of carboxylic acid groups (broad SMARTS) is 1. The number of anilines is 1. The molecular formula is C22H15N3O3S. The lowest BCUT2D eigenvalue weighted by Gasteiger charge is -2.10. The molecule has 3 aromatic carbocycles. The first-order valence-electron chi connectivity index (χ1n) is 8.75. The number of nitrogens with zero attached hydrogens (tertiary/aromatic N) is 2. The Hall–Kier alpha value is -3.84. The summed E-state index contributed by atoms with van der Waals surface area (Å²) in [6.45, 7) is 0. The SMILES string of the molecule is O=C(Nc1cc(C=Cc2cccc3nsnc23)ccc1C(=O)O)c1ccccc1. The third kappa shape index (κ3) is 4.04. The van der Waals surface area contributed by atoms with E-state index in [2.05, 4.69) is 14.1 Å². The third-order valence-electron chi connectivity index (χ3n) is 4.33. The summed E-state index contributed by atoms with van der Waals surface area (Å²) < 4.78 is 8.53. The Morgan fingerprint density at radius 2 is 1.76 bits per heavy atom. The fraction of sp³-hybridized carbons (Fsp3) is 0. The number of rotatable bonds is 5. The Balaban J connectivity index is 1.65. The number of fused-ring (bicyclic) bond motifs is 1. The van der Waals surface area contributed by atoms with Gasteiger partial charge in [0.05, 0.1) is 23.0 Å². The molecule has 0 spiro atoms. The first-order chi connectivity index (χ1) is 14.1. The van der Waals surface area contributed by atoms with Gasteiger partial charge in [0.15, 0.2) is 0 Å². The minimum absolute atomic E-state index is 0.0252. The van der Waals surface area contributed by atoms with Crippen molar-refractivity contribution in [3.8, 4) is 0 Å². The van der Waals surface area contributed by atoms with Crippen molar-refractivity contribution < 1.29 is 14.7 Å². The van der Waals surface area contributed by atoms with Gasteiger partial charge in [0.2, 0.25) is 0 Å². The van der Waals surface area contributed by atoms with Crippen molar-refractivity contribution in [2.75, 3.05) is 5.32 Å². The van der Waals surface area contributed by atoms with Crippen LogP contribution in [0.5, 0.6) is 0 Å². The minimum atomic E-state index is -1.11. The second kappa shape index (κ2) is 8.04. The molecule has 0 saturated carbocycles. The number of nitrogens with one attached hydrogen (secondary N) is 1. The van der Waals surface area contributed by atoms with Crippen LogP contribution in [0.3, 0.4) is 0 Å². The predicted molar refractivity (Wildman–Crippen MR) is 114 cm³/mol. The number of benzene rings is 3. The summed E-state index contributed by atoms with van der Waals surface area (Å²) >= 11 is 1.15. The van der Waals surface area contributed by atoms with E-state index in [1.807, 2.05) is 36.4 Å². The summed E-state index contributed by atoms with van der Waals surface area (Å²) in [4.78, 5) is 24.0. The molecule has 0 aliphatic heterocycles. The summed E-state index contributed by atoms with van der Waals surface area (Å²) in [5.74, 6) is -1.48. The van der Waals surface area contributed by atoms with Crippen LogP contribution in [0.15, 0.2) is 66.7 Å². The zero-order valence-corrected chi connectivity index (χ0v) is 15.9. The average molecular weight is 401 g/mol. The monoisotopic (exact) mass is 401 g/mol. The number of carbonyl (C=O) groups excluding carboxylic acids is 1. The number of carbonyl (C=O) groups is 2. The lowest BCUT2D eigenvalue weighted by atomic mass is 10.1. The maximum absolute atomic E-state index is 12.5. The van der Waals surface area contributed by atoms with Gasteiger partial charge in [0.1, 0.15) is 11.0 Å². The van der Waals surface area contributed by atoms with Crippen molar-refractivity contribution in [2.24, 2.45) is 0 Å². The smallest absolute Gasteiger partial charge is 0.337 e. The minimum Gasteiger partial charge on any atom is -0.478 e. The number of aromatic nitrogens is 2. The molecule has 29 heavy (non-hydrogen) atoms. The van der Waals surface area contributed by atoms with Crippen molar-refractivity contribution >= 4 is 52.5 Å². The van der Waals surface area contributed by atoms with Crippen LogP contribution in [0.4, 0.5) is 5.69 Å². The first-order valence-corrected chi connectivity index (χ1v) is 9.48. The van der Waals surface area contributed by atoms with E-state index in [0.29, 0.717) is 5.56 Å². The number of hydrogen-bond acceptors (Lipinski definition) is 5. The van der Waals surface area contributed by atoms with Crippen LogP contribution < -0.4 is 5.32 Å². The Bertz CT molecular complexity index is 1230. The van der Waals surface area contributed by atoms with E-state index in [1.54, 1.807) is 36.4 Å². The fourth-order valence-electron chi connectivity index (χ4n) is 2.89. The van der Waals surface area contributed by atoms with Gasteiger partial charge in [-0.15, -0.1) is 0 Å². The highest BCUT2D eigenvalue weighted by atomic mass is 32.1. The maximum atomic E-state index is 12.5. The Morgan fingerprint density at radius 3 is 2.55 bits per heavy atom. The van der Waals surface area contributed by atoms with Crippen molar-refractivity contribution in [3.05, 3.63) is 89.0 Å². The van der Waals surface area contributed by atoms with Crippen molar-refractivity contribution in [3.63, 3.8) is 0 Å². The number of hydrogen-bond donors (Lipinski definition) is 2. The molecule has 0 unspecified atom stereocenters. The molecule has 7 heteroatoms. The summed E-state index contributed by atoms with van der Waals surface area (Å²) in [5.41, 5.74) is 4.02. The second-order valence-electron chi connectivity index (χ2n) is 6.24. The van der Waals surface area contributed by atoms with Gasteiger partial charge in [0, 0.05) is 11.1 Å². The molecule has 0 fully saturated rings. The zero-order chi connectivity index (χ0) is 20.2. The standard InChI is InChI=1S/C22H15N3O3S/c26-21(16-5-2-1-3-6-16)23-19-13-14(10-12-17(19)22(27)28)9-11-15-7-4-8-18-20(15)25-29-24-18/h1-13H,(H,23,26)(H,27,28). The molecule has 0 radical (unpaired) electrons. The van der Waals surface area contributed by atoms with Gasteiger partial charge in [-0.3, -0.25) is 4.79 Å². The average Bonchev–Trinajstić information content (AvgIpc) is 3.22. The number of aromatic carboxylic acids is 1. The van der Waals surface area contributed by atoms with Crippen LogP contribution in [-0.4, -0.2) is 25.7 Å². The van der Waals surface area contributed by atoms with Crippen molar-refractivity contribution in [1.29, 1.82) is 0 Å². The van der Waals surface area contributed by atoms with Crippen molar-refractivity contribution in [1.82, 2.24) is 8.75 Å². The van der Waals surface area contributed by atoms with Gasteiger partial charge < -0.3 is 10.4 Å². The first kappa shape index (κ1) is 18.5. The number of carboxylic acids is 1. The third-order valence-corrected chi connectivity index (χ3v) is 4.87. The molecule has 2 N–H and O–H groups in total. The van der Waals surface area contributed by atoms with E-state index in [9.17, 15) is 14.7 Å². The molecule has 1 aromatic heterocycles. The van der Waals surface area contributed by atoms with Crippen LogP contribution in [0.25, 0.3) is 23.2 Å². The molecule has 6 nitrogen and oxygen atoms in total. The normalized spacial score (nSPS) is 11.0. The Morgan fingerprint density at radius 1 is 0.931 bits per heavy atom. The molecule has 0 saturated heterocycles. The molecule has 4 rings (SSSR count). The van der Waals surface area contributed by atoms with Crippen LogP contribution in [0, 0.1) is 0 Å². The molecule has 1 amide bonds. The molecule has 142 valence electrons. The summed E-state index contributed by atoms with van der Waals surface area (Å²) in [6.07, 6.45) is 3.74. The molecule has 0 bridgehead atoms. The molecule has 0 atom stereocenters. The van der Waals surface area contributed by atoms with E-state index in [0.717, 1.165) is 33.9 Å². The van der Waals surface area contributed by atoms with Gasteiger partial charge in [-0.2, -0.15) is 8.75 Å². The largest absolute Gasteiger partial charge is 0.478 e. The van der Waals surface area contributed by atoms with Crippen LogP contribution in [-0.2, 0) is 0 Å². The van der Waals surface area contributed by atoms with Crippen molar-refractivity contribution in [2.45, 2.75) is 0 Å². The topological polar surface area (TPSA) is 92.2 Å². The quantitative estimate of drug-likeness (QED) is 0.468. The highest BCUT2D eigenvalue weighted by Gasteiger charge is 2.14. The van der Waals surface area contributed by atoms with E-state index in [1.165, 1.54) is 6.07 Å². The second-order valence-corrected chi connectivity index (χ2v) is 6.77. The fourth-order valence-corrected chi connectivity index (χ4v) is 3.44. The highest BCUT2D eigenvalue weighted by molar-refractivity contribution is 7.00. The van der Waals surface area contributed by atoms with E-state index in [-0.39, 0.29) is 17.2 Å². The summed E-state index contributed by atoms with van der Waals surface area (Å²) in [6, 6.07) is 19.2. The summed E-state index contributed by atoms with van der Waals surface area (Å²) in [5, 5.41) is 12.2.